The molecule has 0 saturated carbocycles. The summed E-state index contributed by atoms with van der Waals surface area (Å²) in [5, 5.41) is 0.554. The highest BCUT2D eigenvalue weighted by atomic mass is 35.5. The van der Waals surface area contributed by atoms with Crippen LogP contribution >= 0.6 is 23.2 Å². The van der Waals surface area contributed by atoms with Gasteiger partial charge in [0.25, 0.3) is 11.5 Å². The third kappa shape index (κ3) is 5.42. The van der Waals surface area contributed by atoms with Crippen LogP contribution in [0.1, 0.15) is 50.4 Å². The van der Waals surface area contributed by atoms with E-state index in [0.29, 0.717) is 24.4 Å². The standard InChI is InChI=1S/C20H26Cl2N4O3/c1-4-5-9-26-17(23)16(18(27)24-20(26)29)25(10-8-12(2)3)19(28)13-6-7-14(21)15(22)11-13/h6-7,11-12H,4-5,8-10,23H2,1-3H3,(H,24,27,29). The third-order valence-electron chi connectivity index (χ3n) is 4.56. The zero-order valence-corrected chi connectivity index (χ0v) is 18.3. The SMILES string of the molecule is CCCCn1c(N)c(N(CCC(C)C)C(=O)c2ccc(Cl)c(Cl)c2)c(=O)[nH]c1=O. The van der Waals surface area contributed by atoms with Crippen molar-refractivity contribution in [1.82, 2.24) is 9.55 Å². The predicted octanol–water partition coefficient (Wildman–Crippen LogP) is 3.92. The molecule has 0 aliphatic rings. The molecule has 158 valence electrons. The van der Waals surface area contributed by atoms with Gasteiger partial charge in [0.05, 0.1) is 10.0 Å². The van der Waals surface area contributed by atoms with Crippen LogP contribution in [0.15, 0.2) is 27.8 Å². The molecule has 1 heterocycles. The van der Waals surface area contributed by atoms with Crippen molar-refractivity contribution in [2.24, 2.45) is 5.92 Å². The third-order valence-corrected chi connectivity index (χ3v) is 5.30. The van der Waals surface area contributed by atoms with Crippen LogP contribution in [0.4, 0.5) is 11.5 Å². The monoisotopic (exact) mass is 440 g/mol. The van der Waals surface area contributed by atoms with Crippen LogP contribution in [0, 0.1) is 5.92 Å². The number of hydrogen-bond donors (Lipinski definition) is 2. The highest BCUT2D eigenvalue weighted by molar-refractivity contribution is 6.42. The fourth-order valence-electron chi connectivity index (χ4n) is 2.86. The van der Waals surface area contributed by atoms with Crippen molar-refractivity contribution in [2.45, 2.75) is 46.6 Å². The molecule has 0 saturated heterocycles. The largest absolute Gasteiger partial charge is 0.383 e. The molecule has 1 amide bonds. The molecule has 0 unspecified atom stereocenters. The van der Waals surface area contributed by atoms with E-state index in [0.717, 1.165) is 6.42 Å². The molecule has 0 aliphatic carbocycles. The van der Waals surface area contributed by atoms with Crippen LogP contribution in [-0.4, -0.2) is 22.0 Å². The van der Waals surface area contributed by atoms with E-state index in [-0.39, 0.29) is 34.6 Å². The van der Waals surface area contributed by atoms with Gasteiger partial charge >= 0.3 is 5.69 Å². The van der Waals surface area contributed by atoms with Crippen LogP contribution < -0.4 is 21.9 Å². The molecule has 0 fully saturated rings. The first kappa shape index (κ1) is 23.0. The fraction of sp³-hybridized carbons (Fsp3) is 0.450. The Balaban J connectivity index is 2.60. The Morgan fingerprint density at radius 1 is 1.24 bits per heavy atom. The highest BCUT2D eigenvalue weighted by Crippen LogP contribution is 2.26. The molecule has 0 radical (unpaired) electrons. The maximum Gasteiger partial charge on any atom is 0.330 e. The van der Waals surface area contributed by atoms with Gasteiger partial charge in [-0.3, -0.25) is 19.1 Å². The quantitative estimate of drug-likeness (QED) is 0.648. The van der Waals surface area contributed by atoms with E-state index in [4.69, 9.17) is 28.9 Å². The number of carbonyl (C=O) groups is 1. The van der Waals surface area contributed by atoms with Crippen molar-refractivity contribution < 1.29 is 4.79 Å². The molecule has 7 nitrogen and oxygen atoms in total. The lowest BCUT2D eigenvalue weighted by molar-refractivity contribution is 0.0985. The van der Waals surface area contributed by atoms with Gasteiger partial charge in [-0.05, 0) is 37.0 Å². The lowest BCUT2D eigenvalue weighted by Crippen LogP contribution is -2.42. The van der Waals surface area contributed by atoms with Gasteiger partial charge in [-0.15, -0.1) is 0 Å². The Morgan fingerprint density at radius 3 is 2.52 bits per heavy atom. The molecule has 2 rings (SSSR count). The molecule has 3 N–H and O–H groups in total. The second-order valence-corrected chi connectivity index (χ2v) is 8.08. The van der Waals surface area contributed by atoms with E-state index in [2.05, 4.69) is 4.98 Å². The van der Waals surface area contributed by atoms with Crippen molar-refractivity contribution in [3.05, 3.63) is 54.6 Å². The number of nitrogens with one attached hydrogen (secondary N) is 1. The van der Waals surface area contributed by atoms with Crippen LogP contribution in [0.5, 0.6) is 0 Å². The fourth-order valence-corrected chi connectivity index (χ4v) is 3.16. The topological polar surface area (TPSA) is 101 Å². The molecule has 1 aromatic heterocycles. The second kappa shape index (κ2) is 9.98. The number of amides is 1. The lowest BCUT2D eigenvalue weighted by Gasteiger charge is -2.25. The van der Waals surface area contributed by atoms with E-state index in [1.54, 1.807) is 0 Å². The lowest BCUT2D eigenvalue weighted by atomic mass is 10.1. The number of hydrogen-bond acceptors (Lipinski definition) is 4. The Hall–Kier alpha value is -2.25. The molecule has 29 heavy (non-hydrogen) atoms. The normalized spacial score (nSPS) is 11.1. The summed E-state index contributed by atoms with van der Waals surface area (Å²) in [5.41, 5.74) is 5.16. The molecule has 0 spiro atoms. The smallest absolute Gasteiger partial charge is 0.330 e. The van der Waals surface area contributed by atoms with Crippen molar-refractivity contribution in [2.75, 3.05) is 17.2 Å². The van der Waals surface area contributed by atoms with Crippen LogP contribution in [0.2, 0.25) is 10.0 Å². The van der Waals surface area contributed by atoms with Gasteiger partial charge in [0.2, 0.25) is 0 Å². The minimum Gasteiger partial charge on any atom is -0.383 e. The first-order chi connectivity index (χ1) is 13.7. The van der Waals surface area contributed by atoms with Crippen molar-refractivity contribution in [3.63, 3.8) is 0 Å². The first-order valence-electron chi connectivity index (χ1n) is 9.56. The van der Waals surface area contributed by atoms with Gasteiger partial charge < -0.3 is 10.6 Å². The molecule has 1 aromatic carbocycles. The second-order valence-electron chi connectivity index (χ2n) is 7.27. The number of rotatable bonds is 8. The highest BCUT2D eigenvalue weighted by Gasteiger charge is 2.25. The van der Waals surface area contributed by atoms with Crippen molar-refractivity contribution >= 4 is 40.6 Å². The average molecular weight is 441 g/mol. The number of nitrogens with two attached hydrogens (primary N) is 1. The molecule has 0 bridgehead atoms. The van der Waals surface area contributed by atoms with E-state index in [1.165, 1.54) is 27.7 Å². The number of aromatic amines is 1. The van der Waals surface area contributed by atoms with Gasteiger partial charge in [-0.2, -0.15) is 0 Å². The van der Waals surface area contributed by atoms with E-state index < -0.39 is 17.2 Å². The maximum absolute atomic E-state index is 13.3. The van der Waals surface area contributed by atoms with Crippen LogP contribution in [-0.2, 0) is 6.54 Å². The molecule has 9 heteroatoms. The van der Waals surface area contributed by atoms with E-state index in [9.17, 15) is 14.4 Å². The number of anilines is 2. The minimum atomic E-state index is -0.697. The molecule has 2 aromatic rings. The molecule has 0 aliphatic heterocycles. The predicted molar refractivity (Wildman–Crippen MR) is 118 cm³/mol. The Labute approximate surface area is 179 Å². The summed E-state index contributed by atoms with van der Waals surface area (Å²) < 4.78 is 1.30. The zero-order valence-electron chi connectivity index (χ0n) is 16.8. The first-order valence-corrected chi connectivity index (χ1v) is 10.3. The number of nitrogens with zero attached hydrogens (tertiary/aromatic N) is 2. The summed E-state index contributed by atoms with van der Waals surface area (Å²) >= 11 is 12.0. The zero-order chi connectivity index (χ0) is 21.7. The van der Waals surface area contributed by atoms with Crippen LogP contribution in [0.25, 0.3) is 0 Å². The van der Waals surface area contributed by atoms with Gasteiger partial charge in [-0.1, -0.05) is 50.4 Å². The van der Waals surface area contributed by atoms with Crippen molar-refractivity contribution in [3.8, 4) is 0 Å². The van der Waals surface area contributed by atoms with Gasteiger partial charge in [0, 0.05) is 18.7 Å². The molecular formula is C20H26Cl2N4O3. The summed E-state index contributed by atoms with van der Waals surface area (Å²) in [6, 6.07) is 4.51. The summed E-state index contributed by atoms with van der Waals surface area (Å²) in [6.45, 7) is 6.62. The van der Waals surface area contributed by atoms with Crippen LogP contribution in [0.3, 0.4) is 0 Å². The number of benzene rings is 1. The number of carbonyl (C=O) groups excluding carboxylic acids is 1. The Bertz CT molecular complexity index is 998. The number of aromatic nitrogens is 2. The average Bonchev–Trinajstić information content (AvgIpc) is 2.65. The van der Waals surface area contributed by atoms with Gasteiger partial charge in [0.15, 0.2) is 5.69 Å². The number of halogens is 2. The van der Waals surface area contributed by atoms with Crippen molar-refractivity contribution in [1.29, 1.82) is 0 Å². The van der Waals surface area contributed by atoms with Gasteiger partial charge in [-0.25, -0.2) is 4.79 Å². The minimum absolute atomic E-state index is 0.0237. The van der Waals surface area contributed by atoms with E-state index >= 15 is 0 Å². The van der Waals surface area contributed by atoms with E-state index in [1.807, 2.05) is 20.8 Å². The Morgan fingerprint density at radius 2 is 1.93 bits per heavy atom. The maximum atomic E-state index is 13.3. The summed E-state index contributed by atoms with van der Waals surface area (Å²) in [6.07, 6.45) is 2.20. The summed E-state index contributed by atoms with van der Waals surface area (Å²) in [4.78, 5) is 41.7. The summed E-state index contributed by atoms with van der Waals surface area (Å²) in [5.74, 6) is -0.183. The number of unbranched alkanes of at least 4 members (excludes halogenated alkanes) is 1. The van der Waals surface area contributed by atoms with Gasteiger partial charge in [0.1, 0.15) is 5.82 Å². The number of nitrogen functional groups attached to an aromatic ring is 1. The summed E-state index contributed by atoms with van der Waals surface area (Å²) in [7, 11) is 0. The molecule has 0 atom stereocenters. The molecular weight excluding hydrogens is 415 g/mol. The number of H-pyrrole nitrogens is 1. The Kier molecular flexibility index (Phi) is 7.93.